The normalized spacial score (nSPS) is 17.1. The zero-order chi connectivity index (χ0) is 11.1. The third-order valence-electron chi connectivity index (χ3n) is 2.83. The van der Waals surface area contributed by atoms with Crippen molar-refractivity contribution in [1.29, 1.82) is 0 Å². The number of carbonyl (C=O) groups is 1. The first-order chi connectivity index (χ1) is 7.22. The highest BCUT2D eigenvalue weighted by Gasteiger charge is 2.41. The zero-order valence-electron chi connectivity index (χ0n) is 9.09. The van der Waals surface area contributed by atoms with E-state index in [9.17, 15) is 4.79 Å². The van der Waals surface area contributed by atoms with Crippen molar-refractivity contribution in [2.45, 2.75) is 19.3 Å². The van der Waals surface area contributed by atoms with E-state index >= 15 is 0 Å². The first-order valence-corrected chi connectivity index (χ1v) is 5.42. The molecule has 15 heavy (non-hydrogen) atoms. The Hall–Kier alpha value is -0.870. The van der Waals surface area contributed by atoms with Crippen molar-refractivity contribution >= 4 is 5.91 Å². The first kappa shape index (κ1) is 12.2. The third-order valence-corrected chi connectivity index (χ3v) is 2.83. The van der Waals surface area contributed by atoms with Crippen molar-refractivity contribution in [3.8, 4) is 0 Å². The molecule has 1 fully saturated rings. The monoisotopic (exact) mass is 212 g/mol. The second-order valence-electron chi connectivity index (χ2n) is 4.17. The molecule has 1 rings (SSSR count). The highest BCUT2D eigenvalue weighted by atomic mass is 16.3. The molecule has 0 aromatic rings. The zero-order valence-corrected chi connectivity index (χ0v) is 9.09. The summed E-state index contributed by atoms with van der Waals surface area (Å²) in [6.07, 6.45) is 4.76. The van der Waals surface area contributed by atoms with Crippen molar-refractivity contribution in [3.63, 3.8) is 0 Å². The molecule has 1 aliphatic rings. The van der Waals surface area contributed by atoms with Crippen LogP contribution in [0.2, 0.25) is 0 Å². The molecule has 0 heterocycles. The average molecular weight is 212 g/mol. The topological polar surface area (TPSA) is 61.4 Å². The first-order valence-electron chi connectivity index (χ1n) is 5.42. The molecule has 0 aromatic carbocycles. The van der Waals surface area contributed by atoms with Crippen LogP contribution in [-0.4, -0.2) is 37.3 Å². The van der Waals surface area contributed by atoms with Crippen molar-refractivity contribution in [3.05, 3.63) is 12.7 Å². The van der Waals surface area contributed by atoms with Crippen molar-refractivity contribution < 1.29 is 9.90 Å². The lowest BCUT2D eigenvalue weighted by atomic mass is 10.0. The van der Waals surface area contributed by atoms with Gasteiger partial charge in [0, 0.05) is 19.7 Å². The molecule has 0 bridgehead atoms. The molecule has 0 atom stereocenters. The Bertz CT molecular complexity index is 225. The van der Waals surface area contributed by atoms with Gasteiger partial charge in [-0.1, -0.05) is 6.08 Å². The van der Waals surface area contributed by atoms with Gasteiger partial charge >= 0.3 is 0 Å². The Morgan fingerprint density at radius 2 is 2.27 bits per heavy atom. The van der Waals surface area contributed by atoms with Crippen LogP contribution in [0, 0.1) is 5.41 Å². The fourth-order valence-electron chi connectivity index (χ4n) is 1.57. The molecule has 1 saturated carbocycles. The van der Waals surface area contributed by atoms with Gasteiger partial charge in [-0.05, 0) is 24.7 Å². The molecule has 3 N–H and O–H groups in total. The van der Waals surface area contributed by atoms with Gasteiger partial charge in [-0.25, -0.2) is 0 Å². The van der Waals surface area contributed by atoms with Crippen LogP contribution in [0.1, 0.15) is 19.3 Å². The van der Waals surface area contributed by atoms with E-state index in [-0.39, 0.29) is 17.9 Å². The van der Waals surface area contributed by atoms with Crippen molar-refractivity contribution in [2.24, 2.45) is 5.41 Å². The summed E-state index contributed by atoms with van der Waals surface area (Å²) in [6.45, 7) is 5.45. The van der Waals surface area contributed by atoms with Gasteiger partial charge in [0.05, 0.1) is 6.54 Å². The minimum Gasteiger partial charge on any atom is -0.396 e. The Morgan fingerprint density at radius 3 is 2.80 bits per heavy atom. The Kier molecular flexibility index (Phi) is 4.78. The number of hydrogen-bond donors (Lipinski definition) is 3. The number of carbonyl (C=O) groups excluding carboxylic acids is 1. The number of aliphatic hydroxyl groups is 1. The second-order valence-corrected chi connectivity index (χ2v) is 4.17. The van der Waals surface area contributed by atoms with E-state index in [1.807, 2.05) is 0 Å². The Balaban J connectivity index is 2.08. The van der Waals surface area contributed by atoms with Crippen LogP contribution in [0.3, 0.4) is 0 Å². The van der Waals surface area contributed by atoms with Gasteiger partial charge in [-0.2, -0.15) is 0 Å². The maximum atomic E-state index is 11.3. The van der Waals surface area contributed by atoms with Crippen LogP contribution >= 0.6 is 0 Å². The SMILES string of the molecule is C=CCNCC(=O)NCC1(CCO)CC1. The molecule has 0 unspecified atom stereocenters. The standard InChI is InChI=1S/C11H20N2O2/c1-2-6-12-8-10(15)13-9-11(3-4-11)5-7-14/h2,12,14H,1,3-9H2,(H,13,15). The van der Waals surface area contributed by atoms with E-state index in [4.69, 9.17) is 5.11 Å². The predicted octanol–water partition coefficient (Wildman–Crippen LogP) is 0.0408. The second kappa shape index (κ2) is 5.88. The number of rotatable bonds is 8. The smallest absolute Gasteiger partial charge is 0.233 e. The highest BCUT2D eigenvalue weighted by molar-refractivity contribution is 5.78. The van der Waals surface area contributed by atoms with Gasteiger partial charge in [-0.15, -0.1) is 6.58 Å². The summed E-state index contributed by atoms with van der Waals surface area (Å²) < 4.78 is 0. The van der Waals surface area contributed by atoms with E-state index < -0.39 is 0 Å². The maximum absolute atomic E-state index is 11.3. The molecule has 1 aliphatic carbocycles. The van der Waals surface area contributed by atoms with Crippen molar-refractivity contribution in [1.82, 2.24) is 10.6 Å². The third kappa shape index (κ3) is 4.44. The van der Waals surface area contributed by atoms with E-state index in [1.165, 1.54) is 0 Å². The van der Waals surface area contributed by atoms with E-state index in [0.29, 0.717) is 19.6 Å². The Morgan fingerprint density at radius 1 is 1.53 bits per heavy atom. The quantitative estimate of drug-likeness (QED) is 0.393. The highest BCUT2D eigenvalue weighted by Crippen LogP contribution is 2.47. The molecule has 0 spiro atoms. The van der Waals surface area contributed by atoms with E-state index in [2.05, 4.69) is 17.2 Å². The summed E-state index contributed by atoms with van der Waals surface area (Å²) in [6, 6.07) is 0. The summed E-state index contributed by atoms with van der Waals surface area (Å²) in [5.74, 6) is 0.0149. The largest absolute Gasteiger partial charge is 0.396 e. The molecule has 0 radical (unpaired) electrons. The van der Waals surface area contributed by atoms with Crippen LogP contribution in [0.5, 0.6) is 0 Å². The maximum Gasteiger partial charge on any atom is 0.233 e. The predicted molar refractivity (Wildman–Crippen MR) is 59.4 cm³/mol. The minimum atomic E-state index is 0.0149. The number of amides is 1. The number of aliphatic hydroxyl groups excluding tert-OH is 1. The summed E-state index contributed by atoms with van der Waals surface area (Å²) in [4.78, 5) is 11.3. The molecule has 4 heteroatoms. The molecule has 86 valence electrons. The number of hydrogen-bond acceptors (Lipinski definition) is 3. The molecular formula is C11H20N2O2. The van der Waals surface area contributed by atoms with Crippen LogP contribution in [0.4, 0.5) is 0 Å². The van der Waals surface area contributed by atoms with Gasteiger partial charge in [0.2, 0.25) is 5.91 Å². The lowest BCUT2D eigenvalue weighted by Crippen LogP contribution is -2.37. The van der Waals surface area contributed by atoms with E-state index in [0.717, 1.165) is 19.3 Å². The summed E-state index contributed by atoms with van der Waals surface area (Å²) in [5.41, 5.74) is 0.197. The molecule has 0 aliphatic heterocycles. The van der Waals surface area contributed by atoms with Gasteiger partial charge < -0.3 is 15.7 Å². The summed E-state index contributed by atoms with van der Waals surface area (Å²) >= 11 is 0. The molecule has 4 nitrogen and oxygen atoms in total. The van der Waals surface area contributed by atoms with Crippen LogP contribution in [0.25, 0.3) is 0 Å². The van der Waals surface area contributed by atoms with Gasteiger partial charge in [0.15, 0.2) is 0 Å². The van der Waals surface area contributed by atoms with Crippen molar-refractivity contribution in [2.75, 3.05) is 26.2 Å². The van der Waals surface area contributed by atoms with Gasteiger partial charge in [-0.3, -0.25) is 4.79 Å². The summed E-state index contributed by atoms with van der Waals surface area (Å²) in [7, 11) is 0. The van der Waals surface area contributed by atoms with E-state index in [1.54, 1.807) is 6.08 Å². The fourth-order valence-corrected chi connectivity index (χ4v) is 1.57. The van der Waals surface area contributed by atoms with Gasteiger partial charge in [0.1, 0.15) is 0 Å². The lowest BCUT2D eigenvalue weighted by Gasteiger charge is -2.14. The minimum absolute atomic E-state index is 0.0149. The van der Waals surface area contributed by atoms with Gasteiger partial charge in [0.25, 0.3) is 0 Å². The molecule has 0 saturated heterocycles. The van der Waals surface area contributed by atoms with Crippen LogP contribution in [-0.2, 0) is 4.79 Å². The summed E-state index contributed by atoms with van der Waals surface area (Å²) in [5, 5.41) is 14.7. The Labute approximate surface area is 90.7 Å². The average Bonchev–Trinajstić information content (AvgIpc) is 2.97. The molecule has 0 aromatic heterocycles. The number of nitrogens with one attached hydrogen (secondary N) is 2. The van der Waals surface area contributed by atoms with Crippen LogP contribution in [0.15, 0.2) is 12.7 Å². The fraction of sp³-hybridized carbons (Fsp3) is 0.727. The molecule has 1 amide bonds. The van der Waals surface area contributed by atoms with Crippen LogP contribution < -0.4 is 10.6 Å². The molecular weight excluding hydrogens is 192 g/mol. The lowest BCUT2D eigenvalue weighted by molar-refractivity contribution is -0.120.